The van der Waals surface area contributed by atoms with E-state index in [1.54, 1.807) is 48.5 Å². The molecule has 35 heavy (non-hydrogen) atoms. The zero-order chi connectivity index (χ0) is 25.1. The molecule has 0 saturated heterocycles. The Morgan fingerprint density at radius 1 is 0.857 bits per heavy atom. The number of anilines is 2. The van der Waals surface area contributed by atoms with Gasteiger partial charge in [-0.3, -0.25) is 19.8 Å². The second kappa shape index (κ2) is 9.90. The molecule has 0 spiro atoms. The summed E-state index contributed by atoms with van der Waals surface area (Å²) in [5.74, 6) is -1.95. The predicted molar refractivity (Wildman–Crippen MR) is 137 cm³/mol. The summed E-state index contributed by atoms with van der Waals surface area (Å²) in [6, 6.07) is 18.9. The highest BCUT2D eigenvalue weighted by atomic mass is 35.5. The zero-order valence-electron chi connectivity index (χ0n) is 19.3. The first-order valence-corrected chi connectivity index (χ1v) is 11.1. The first-order chi connectivity index (χ1) is 16.8. The van der Waals surface area contributed by atoms with E-state index < -0.39 is 17.7 Å². The number of carbonyl (C=O) groups excluding carboxylic acids is 3. The van der Waals surface area contributed by atoms with Crippen molar-refractivity contribution in [3.63, 3.8) is 0 Å². The highest BCUT2D eigenvalue weighted by Crippen LogP contribution is 2.25. The third-order valence-corrected chi connectivity index (χ3v) is 5.64. The van der Waals surface area contributed by atoms with Crippen LogP contribution in [0.5, 0.6) is 5.75 Å². The van der Waals surface area contributed by atoms with Crippen molar-refractivity contribution in [3.8, 4) is 5.75 Å². The zero-order valence-corrected chi connectivity index (χ0v) is 20.1. The Morgan fingerprint density at radius 3 is 2.37 bits per heavy atom. The molecule has 3 amide bonds. The second-order valence-electron chi connectivity index (χ2n) is 7.94. The average Bonchev–Trinajstić information content (AvgIpc) is 3.18. The minimum atomic E-state index is -0.969. The van der Waals surface area contributed by atoms with Crippen LogP contribution in [0.25, 0.3) is 10.9 Å². The molecule has 178 valence electrons. The number of rotatable bonds is 5. The Bertz CT molecular complexity index is 1460. The fourth-order valence-electron chi connectivity index (χ4n) is 3.69. The molecule has 0 bridgehead atoms. The summed E-state index contributed by atoms with van der Waals surface area (Å²) in [5.41, 5.74) is 6.08. The summed E-state index contributed by atoms with van der Waals surface area (Å²) < 4.78 is 6.48. The van der Waals surface area contributed by atoms with Gasteiger partial charge < -0.3 is 15.4 Å². The van der Waals surface area contributed by atoms with E-state index in [-0.39, 0.29) is 5.69 Å². The summed E-state index contributed by atoms with van der Waals surface area (Å²) in [7, 11) is 1.46. The van der Waals surface area contributed by atoms with Crippen molar-refractivity contribution in [3.05, 3.63) is 88.6 Å². The summed E-state index contributed by atoms with van der Waals surface area (Å²) in [6.07, 6.45) is 0. The van der Waals surface area contributed by atoms with E-state index in [2.05, 4.69) is 16.1 Å². The van der Waals surface area contributed by atoms with Crippen LogP contribution >= 0.6 is 11.6 Å². The molecule has 0 aliphatic rings. The van der Waals surface area contributed by atoms with Crippen molar-refractivity contribution in [1.29, 1.82) is 0 Å². The van der Waals surface area contributed by atoms with Crippen molar-refractivity contribution in [2.24, 2.45) is 0 Å². The van der Waals surface area contributed by atoms with Crippen LogP contribution in [0.1, 0.15) is 21.6 Å². The molecular weight excluding hydrogens is 468 g/mol. The molecule has 0 saturated carbocycles. The average molecular weight is 491 g/mol. The Hall–Kier alpha value is -4.30. The van der Waals surface area contributed by atoms with Crippen LogP contribution in [0.3, 0.4) is 0 Å². The van der Waals surface area contributed by atoms with Crippen LogP contribution in [0, 0.1) is 13.8 Å². The van der Waals surface area contributed by atoms with E-state index in [1.165, 1.54) is 11.8 Å². The van der Waals surface area contributed by atoms with Gasteiger partial charge in [0.05, 0.1) is 18.3 Å². The first kappa shape index (κ1) is 23.8. The number of halogens is 1. The Kier molecular flexibility index (Phi) is 6.75. The molecule has 9 heteroatoms. The fourth-order valence-corrected chi connectivity index (χ4v) is 3.87. The number of nitrogens with one attached hydrogen (secondary N) is 3. The van der Waals surface area contributed by atoms with E-state index in [0.717, 1.165) is 11.1 Å². The number of nitrogens with zero attached hydrogens (tertiary/aromatic N) is 1. The summed E-state index contributed by atoms with van der Waals surface area (Å²) in [6.45, 7) is 3.85. The van der Waals surface area contributed by atoms with E-state index in [1.807, 2.05) is 32.0 Å². The lowest BCUT2D eigenvalue weighted by molar-refractivity contribution is -0.133. The van der Waals surface area contributed by atoms with E-state index >= 15 is 0 Å². The Labute approximate surface area is 206 Å². The molecular formula is C26H23ClN4O4. The lowest BCUT2D eigenvalue weighted by atomic mass is 10.1. The monoisotopic (exact) mass is 490 g/mol. The van der Waals surface area contributed by atoms with Crippen molar-refractivity contribution in [2.45, 2.75) is 13.8 Å². The Morgan fingerprint density at radius 2 is 1.63 bits per heavy atom. The lowest BCUT2D eigenvalue weighted by Crippen LogP contribution is -2.36. The van der Waals surface area contributed by atoms with E-state index in [4.69, 9.17) is 16.3 Å². The third-order valence-electron chi connectivity index (χ3n) is 5.40. The lowest BCUT2D eigenvalue weighted by Gasteiger charge is -2.14. The summed E-state index contributed by atoms with van der Waals surface area (Å²) in [5, 5.41) is 6.47. The smallest absolute Gasteiger partial charge is 0.328 e. The molecule has 1 aromatic heterocycles. The van der Waals surface area contributed by atoms with E-state index in [0.29, 0.717) is 33.0 Å². The maximum Gasteiger partial charge on any atom is 0.328 e. The number of fused-ring (bicyclic) bond motifs is 1. The summed E-state index contributed by atoms with van der Waals surface area (Å²) in [4.78, 5) is 38.7. The predicted octanol–water partition coefficient (Wildman–Crippen LogP) is 4.88. The number of ether oxygens (including phenoxy) is 1. The topological polar surface area (TPSA) is 101 Å². The van der Waals surface area contributed by atoms with Crippen LogP contribution in [-0.4, -0.2) is 29.5 Å². The molecule has 3 N–H and O–H groups in total. The molecule has 0 unspecified atom stereocenters. The maximum atomic E-state index is 13.2. The van der Waals surface area contributed by atoms with Crippen molar-refractivity contribution in [1.82, 2.24) is 4.68 Å². The normalized spacial score (nSPS) is 10.6. The van der Waals surface area contributed by atoms with Gasteiger partial charge in [0.1, 0.15) is 11.4 Å². The quantitative estimate of drug-likeness (QED) is 0.347. The van der Waals surface area contributed by atoms with Crippen molar-refractivity contribution < 1.29 is 19.1 Å². The van der Waals surface area contributed by atoms with Crippen LogP contribution in [-0.2, 0) is 9.59 Å². The SMILES string of the molecule is COc1ccccc1NC(=O)C(=O)Nn1c(C(=O)Nc2ccc(C)cc2C)cc2cc(Cl)ccc21. The van der Waals surface area contributed by atoms with E-state index in [9.17, 15) is 14.4 Å². The van der Waals surface area contributed by atoms with Gasteiger partial charge in [0.2, 0.25) is 0 Å². The third kappa shape index (κ3) is 5.12. The van der Waals surface area contributed by atoms with Gasteiger partial charge in [-0.2, -0.15) is 0 Å². The number of hydrogen-bond donors (Lipinski definition) is 3. The minimum absolute atomic E-state index is 0.126. The van der Waals surface area contributed by atoms with Gasteiger partial charge in [-0.25, -0.2) is 4.68 Å². The van der Waals surface area contributed by atoms with Gasteiger partial charge >= 0.3 is 11.8 Å². The molecule has 0 aliphatic carbocycles. The second-order valence-corrected chi connectivity index (χ2v) is 8.37. The first-order valence-electron chi connectivity index (χ1n) is 10.7. The van der Waals surface area contributed by atoms with Crippen molar-refractivity contribution >= 4 is 51.6 Å². The molecule has 0 radical (unpaired) electrons. The molecule has 8 nitrogen and oxygen atoms in total. The van der Waals surface area contributed by atoms with Crippen LogP contribution in [0.2, 0.25) is 5.02 Å². The maximum absolute atomic E-state index is 13.2. The van der Waals surface area contributed by atoms with Crippen LogP contribution < -0.4 is 20.8 Å². The number of aryl methyl sites for hydroxylation is 2. The molecule has 0 aliphatic heterocycles. The number of amides is 3. The molecule has 4 aromatic rings. The van der Waals surface area contributed by atoms with Gasteiger partial charge in [-0.1, -0.05) is 41.4 Å². The van der Waals surface area contributed by atoms with Gasteiger partial charge in [-0.05, 0) is 61.9 Å². The number of benzene rings is 3. The molecule has 4 rings (SSSR count). The van der Waals surface area contributed by atoms with Gasteiger partial charge in [0, 0.05) is 16.1 Å². The van der Waals surface area contributed by atoms with Gasteiger partial charge in [-0.15, -0.1) is 0 Å². The van der Waals surface area contributed by atoms with Crippen molar-refractivity contribution in [2.75, 3.05) is 23.2 Å². The highest BCUT2D eigenvalue weighted by Gasteiger charge is 2.22. The Balaban J connectivity index is 1.64. The standard InChI is InChI=1S/C26H23ClN4O4/c1-15-8-10-19(16(2)12-15)28-24(32)22-14-17-13-18(27)9-11-21(17)31(22)30-26(34)25(33)29-20-6-4-5-7-23(20)35-3/h4-14H,1-3H3,(H,28,32)(H,29,33)(H,30,34). The molecule has 0 fully saturated rings. The number of hydrogen-bond acceptors (Lipinski definition) is 4. The van der Waals surface area contributed by atoms with Crippen LogP contribution in [0.15, 0.2) is 66.7 Å². The number of aromatic nitrogens is 1. The minimum Gasteiger partial charge on any atom is -0.495 e. The summed E-state index contributed by atoms with van der Waals surface area (Å²) >= 11 is 6.13. The number of methoxy groups -OCH3 is 1. The highest BCUT2D eigenvalue weighted by molar-refractivity contribution is 6.42. The largest absolute Gasteiger partial charge is 0.495 e. The molecule has 1 heterocycles. The molecule has 0 atom stereocenters. The van der Waals surface area contributed by atoms with Crippen LogP contribution in [0.4, 0.5) is 11.4 Å². The number of carbonyl (C=O) groups is 3. The molecule has 3 aromatic carbocycles. The fraction of sp³-hybridized carbons (Fsp3) is 0.115. The van der Waals surface area contributed by atoms with Gasteiger partial charge in [0.25, 0.3) is 5.91 Å². The number of para-hydroxylation sites is 2. The van der Waals surface area contributed by atoms with Gasteiger partial charge in [0.15, 0.2) is 0 Å².